The largest absolute Gasteiger partial charge is 0.337 e. The molecule has 3 amide bonds. The van der Waals surface area contributed by atoms with E-state index in [0.29, 0.717) is 25.3 Å². The highest BCUT2D eigenvalue weighted by molar-refractivity contribution is 5.92. The van der Waals surface area contributed by atoms with Gasteiger partial charge in [-0.25, -0.2) is 4.79 Å². The number of piperidine rings is 1. The first-order chi connectivity index (χ1) is 12.2. The first kappa shape index (κ1) is 17.0. The smallest absolute Gasteiger partial charge is 0.315 e. The van der Waals surface area contributed by atoms with Gasteiger partial charge in [0.2, 0.25) is 0 Å². The second kappa shape index (κ2) is 8.28. The lowest BCUT2D eigenvalue weighted by molar-refractivity contribution is 0.0702. The Morgan fingerprint density at radius 3 is 2.44 bits per heavy atom. The third-order valence-corrected chi connectivity index (χ3v) is 4.30. The molecule has 2 heterocycles. The molecule has 1 aromatic heterocycles. The second-order valence-corrected chi connectivity index (χ2v) is 6.09. The van der Waals surface area contributed by atoms with E-state index in [4.69, 9.17) is 0 Å². The van der Waals surface area contributed by atoms with Crippen LogP contribution in [0.3, 0.4) is 0 Å². The zero-order valence-corrected chi connectivity index (χ0v) is 14.0. The lowest BCUT2D eigenvalue weighted by Crippen LogP contribution is -2.49. The van der Waals surface area contributed by atoms with Crippen molar-refractivity contribution in [2.24, 2.45) is 0 Å². The van der Waals surface area contributed by atoms with Crippen molar-refractivity contribution < 1.29 is 9.59 Å². The molecule has 0 aliphatic carbocycles. The molecule has 6 heteroatoms. The summed E-state index contributed by atoms with van der Waals surface area (Å²) in [6.45, 7) is 1.75. The van der Waals surface area contributed by atoms with Crippen molar-refractivity contribution in [3.63, 3.8) is 0 Å². The topological polar surface area (TPSA) is 74.3 Å². The van der Waals surface area contributed by atoms with Gasteiger partial charge in [0.15, 0.2) is 0 Å². The number of carbonyl (C=O) groups is 2. The maximum atomic E-state index is 12.4. The van der Waals surface area contributed by atoms with Gasteiger partial charge in [-0.3, -0.25) is 9.78 Å². The van der Waals surface area contributed by atoms with Crippen LogP contribution in [0.4, 0.5) is 4.79 Å². The van der Waals surface area contributed by atoms with Crippen molar-refractivity contribution in [2.45, 2.75) is 25.4 Å². The SMILES string of the molecule is O=C(NCc1ccccc1)NC1CCN(C(=O)c2ccccn2)CC1. The molecular weight excluding hydrogens is 316 g/mol. The van der Waals surface area contributed by atoms with Crippen LogP contribution >= 0.6 is 0 Å². The highest BCUT2D eigenvalue weighted by Gasteiger charge is 2.24. The van der Waals surface area contributed by atoms with E-state index in [1.54, 1.807) is 23.2 Å². The normalized spacial score (nSPS) is 14.8. The number of hydrogen-bond donors (Lipinski definition) is 2. The van der Waals surface area contributed by atoms with E-state index in [1.807, 2.05) is 36.4 Å². The van der Waals surface area contributed by atoms with Crippen molar-refractivity contribution >= 4 is 11.9 Å². The van der Waals surface area contributed by atoms with Crippen LogP contribution in [0.25, 0.3) is 0 Å². The minimum atomic E-state index is -0.168. The van der Waals surface area contributed by atoms with Crippen molar-refractivity contribution in [1.29, 1.82) is 0 Å². The van der Waals surface area contributed by atoms with Gasteiger partial charge < -0.3 is 15.5 Å². The standard InChI is InChI=1S/C19H22N4O2/c24-18(17-8-4-5-11-20-17)23-12-9-16(10-13-23)22-19(25)21-14-15-6-2-1-3-7-15/h1-8,11,16H,9-10,12-14H2,(H2,21,22,25). The number of carbonyl (C=O) groups excluding carboxylic acids is 2. The molecule has 1 aromatic carbocycles. The zero-order valence-electron chi connectivity index (χ0n) is 14.0. The van der Waals surface area contributed by atoms with Gasteiger partial charge in [-0.05, 0) is 30.5 Å². The second-order valence-electron chi connectivity index (χ2n) is 6.09. The number of amides is 3. The molecular formula is C19H22N4O2. The fourth-order valence-corrected chi connectivity index (χ4v) is 2.89. The molecule has 2 N–H and O–H groups in total. The van der Waals surface area contributed by atoms with Gasteiger partial charge >= 0.3 is 6.03 Å². The summed E-state index contributed by atoms with van der Waals surface area (Å²) in [6.07, 6.45) is 3.12. The summed E-state index contributed by atoms with van der Waals surface area (Å²) in [5, 5.41) is 5.85. The molecule has 1 aliphatic rings. The fourth-order valence-electron chi connectivity index (χ4n) is 2.89. The number of rotatable bonds is 4. The van der Waals surface area contributed by atoms with E-state index in [2.05, 4.69) is 15.6 Å². The van der Waals surface area contributed by atoms with Crippen molar-refractivity contribution in [3.8, 4) is 0 Å². The van der Waals surface area contributed by atoms with Gasteiger partial charge in [-0.15, -0.1) is 0 Å². The van der Waals surface area contributed by atoms with E-state index in [9.17, 15) is 9.59 Å². The Hall–Kier alpha value is -2.89. The van der Waals surface area contributed by atoms with E-state index in [-0.39, 0.29) is 18.0 Å². The highest BCUT2D eigenvalue weighted by Crippen LogP contribution is 2.13. The number of likely N-dealkylation sites (tertiary alicyclic amines) is 1. The maximum absolute atomic E-state index is 12.4. The average molecular weight is 338 g/mol. The third-order valence-electron chi connectivity index (χ3n) is 4.30. The summed E-state index contributed by atoms with van der Waals surface area (Å²) >= 11 is 0. The zero-order chi connectivity index (χ0) is 17.5. The molecule has 1 saturated heterocycles. The summed E-state index contributed by atoms with van der Waals surface area (Å²) in [5.74, 6) is -0.0485. The van der Waals surface area contributed by atoms with E-state index in [0.717, 1.165) is 18.4 Å². The quantitative estimate of drug-likeness (QED) is 0.897. The number of pyridine rings is 1. The lowest BCUT2D eigenvalue weighted by Gasteiger charge is -2.32. The summed E-state index contributed by atoms with van der Waals surface area (Å²) in [7, 11) is 0. The Kier molecular flexibility index (Phi) is 5.61. The molecule has 2 aromatic rings. The fraction of sp³-hybridized carbons (Fsp3) is 0.316. The summed E-state index contributed by atoms with van der Waals surface area (Å²) in [4.78, 5) is 30.3. The number of nitrogens with zero attached hydrogens (tertiary/aromatic N) is 2. The van der Waals surface area contributed by atoms with Gasteiger partial charge in [-0.1, -0.05) is 36.4 Å². The van der Waals surface area contributed by atoms with Crippen LogP contribution in [0.15, 0.2) is 54.7 Å². The molecule has 0 atom stereocenters. The van der Waals surface area contributed by atoms with Crippen LogP contribution in [0.2, 0.25) is 0 Å². The van der Waals surface area contributed by atoms with Gasteiger partial charge in [0.1, 0.15) is 5.69 Å². The molecule has 130 valence electrons. The lowest BCUT2D eigenvalue weighted by atomic mass is 10.0. The van der Waals surface area contributed by atoms with Crippen LogP contribution < -0.4 is 10.6 Å². The Bertz CT molecular complexity index is 698. The summed E-state index contributed by atoms with van der Waals surface area (Å²) < 4.78 is 0. The molecule has 1 fully saturated rings. The number of benzene rings is 1. The number of nitrogens with one attached hydrogen (secondary N) is 2. The van der Waals surface area contributed by atoms with Crippen molar-refractivity contribution in [3.05, 3.63) is 66.0 Å². The van der Waals surface area contributed by atoms with Crippen LogP contribution in [0.1, 0.15) is 28.9 Å². The Morgan fingerprint density at radius 2 is 1.76 bits per heavy atom. The highest BCUT2D eigenvalue weighted by atomic mass is 16.2. The number of urea groups is 1. The predicted molar refractivity (Wildman–Crippen MR) is 95.0 cm³/mol. The summed E-state index contributed by atoms with van der Waals surface area (Å²) in [6, 6.07) is 15.0. The third kappa shape index (κ3) is 4.79. The molecule has 0 radical (unpaired) electrons. The molecule has 3 rings (SSSR count). The minimum absolute atomic E-state index is 0.0485. The molecule has 0 spiro atoms. The molecule has 0 saturated carbocycles. The summed E-state index contributed by atoms with van der Waals surface area (Å²) in [5.41, 5.74) is 1.53. The Morgan fingerprint density at radius 1 is 1.04 bits per heavy atom. The molecule has 0 bridgehead atoms. The molecule has 25 heavy (non-hydrogen) atoms. The first-order valence-corrected chi connectivity index (χ1v) is 8.51. The molecule has 6 nitrogen and oxygen atoms in total. The predicted octanol–water partition coefficient (Wildman–Crippen LogP) is 2.19. The Balaban J connectivity index is 1.41. The monoisotopic (exact) mass is 338 g/mol. The maximum Gasteiger partial charge on any atom is 0.315 e. The number of hydrogen-bond acceptors (Lipinski definition) is 3. The van der Waals surface area contributed by atoms with Crippen LogP contribution in [-0.2, 0) is 6.54 Å². The van der Waals surface area contributed by atoms with Crippen molar-refractivity contribution in [1.82, 2.24) is 20.5 Å². The van der Waals surface area contributed by atoms with E-state index >= 15 is 0 Å². The minimum Gasteiger partial charge on any atom is -0.337 e. The van der Waals surface area contributed by atoms with Crippen LogP contribution in [0.5, 0.6) is 0 Å². The van der Waals surface area contributed by atoms with E-state index in [1.165, 1.54) is 0 Å². The number of aromatic nitrogens is 1. The van der Waals surface area contributed by atoms with Gasteiger partial charge in [0, 0.05) is 31.9 Å². The van der Waals surface area contributed by atoms with Gasteiger partial charge in [0.05, 0.1) is 0 Å². The van der Waals surface area contributed by atoms with Crippen LogP contribution in [-0.4, -0.2) is 41.0 Å². The first-order valence-electron chi connectivity index (χ1n) is 8.51. The van der Waals surface area contributed by atoms with E-state index < -0.39 is 0 Å². The van der Waals surface area contributed by atoms with Crippen LogP contribution in [0, 0.1) is 0 Å². The molecule has 1 aliphatic heterocycles. The van der Waals surface area contributed by atoms with Crippen molar-refractivity contribution in [2.75, 3.05) is 13.1 Å². The Labute approximate surface area is 147 Å². The van der Waals surface area contributed by atoms with Gasteiger partial charge in [-0.2, -0.15) is 0 Å². The molecule has 0 unspecified atom stereocenters. The average Bonchev–Trinajstić information content (AvgIpc) is 2.68. The van der Waals surface area contributed by atoms with Gasteiger partial charge in [0.25, 0.3) is 5.91 Å².